The molecule has 2 aromatic rings. The molecular formula is C24H29BN3O+. The Hall–Kier alpha value is -2.79. The van der Waals surface area contributed by atoms with E-state index in [1.807, 2.05) is 42.7 Å². The molecule has 148 valence electrons. The lowest BCUT2D eigenvalue weighted by Crippen LogP contribution is -2.10. The normalized spacial score (nSPS) is 16.0. The van der Waals surface area contributed by atoms with Crippen LogP contribution in [-0.2, 0) is 5.41 Å². The number of aryl methyl sites for hydroxylation is 1. The van der Waals surface area contributed by atoms with Gasteiger partial charge in [0.05, 0.1) is 5.69 Å². The van der Waals surface area contributed by atoms with E-state index in [-0.39, 0.29) is 11.2 Å². The summed E-state index contributed by atoms with van der Waals surface area (Å²) in [6.45, 7) is 9.10. The van der Waals surface area contributed by atoms with Crippen molar-refractivity contribution in [2.75, 3.05) is 6.54 Å². The summed E-state index contributed by atoms with van der Waals surface area (Å²) in [7, 11) is 6.07. The first-order chi connectivity index (χ1) is 13.7. The van der Waals surface area contributed by atoms with Gasteiger partial charge in [0, 0.05) is 29.0 Å². The number of aromatic nitrogens is 1. The number of rotatable bonds is 5. The third-order valence-corrected chi connectivity index (χ3v) is 5.16. The van der Waals surface area contributed by atoms with E-state index >= 15 is 0 Å². The van der Waals surface area contributed by atoms with Crippen LogP contribution in [0.4, 0.5) is 0 Å². The van der Waals surface area contributed by atoms with Crippen molar-refractivity contribution >= 4 is 31.9 Å². The molecule has 4 N–H and O–H groups in total. The second-order valence-corrected chi connectivity index (χ2v) is 8.46. The zero-order valence-electron chi connectivity index (χ0n) is 17.7. The molecule has 1 aromatic heterocycles. The highest BCUT2D eigenvalue weighted by Gasteiger charge is 2.20. The van der Waals surface area contributed by atoms with Gasteiger partial charge in [0.1, 0.15) is 12.0 Å². The maximum absolute atomic E-state index is 10.3. The average molecular weight is 386 g/mol. The Morgan fingerprint density at radius 2 is 2.00 bits per heavy atom. The van der Waals surface area contributed by atoms with Gasteiger partial charge in [-0.05, 0) is 66.8 Å². The van der Waals surface area contributed by atoms with Crippen LogP contribution in [0.5, 0.6) is 5.75 Å². The highest BCUT2D eigenvalue weighted by atomic mass is 16.3. The molecule has 0 unspecified atom stereocenters. The summed E-state index contributed by atoms with van der Waals surface area (Å²) in [6, 6.07) is 7.86. The van der Waals surface area contributed by atoms with Crippen molar-refractivity contribution < 1.29 is 9.59 Å². The van der Waals surface area contributed by atoms with Crippen LogP contribution in [0.25, 0.3) is 17.7 Å². The molecule has 0 fully saturated rings. The summed E-state index contributed by atoms with van der Waals surface area (Å²) in [6.07, 6.45) is 10.4. The van der Waals surface area contributed by atoms with Crippen LogP contribution in [-0.4, -0.2) is 35.3 Å². The number of nitrogens with zero attached hydrogens (tertiary/aromatic N) is 1. The molecule has 0 spiro atoms. The number of benzene rings is 1. The van der Waals surface area contributed by atoms with Gasteiger partial charge in [0.15, 0.2) is 5.70 Å². The van der Waals surface area contributed by atoms with E-state index in [0.29, 0.717) is 6.54 Å². The molecule has 2 heterocycles. The van der Waals surface area contributed by atoms with Gasteiger partial charge in [-0.15, -0.1) is 0 Å². The van der Waals surface area contributed by atoms with Gasteiger partial charge in [-0.1, -0.05) is 26.8 Å². The fourth-order valence-corrected chi connectivity index (χ4v) is 3.50. The quantitative estimate of drug-likeness (QED) is 0.671. The molecule has 1 aromatic carbocycles. The van der Waals surface area contributed by atoms with Gasteiger partial charge < -0.3 is 15.8 Å². The highest BCUT2D eigenvalue weighted by Crippen LogP contribution is 2.30. The van der Waals surface area contributed by atoms with Crippen molar-refractivity contribution in [1.29, 1.82) is 0 Å². The van der Waals surface area contributed by atoms with E-state index in [0.717, 1.165) is 40.2 Å². The molecular weight excluding hydrogens is 357 g/mol. The van der Waals surface area contributed by atoms with Gasteiger partial charge in [0.2, 0.25) is 0 Å². The molecule has 4 nitrogen and oxygen atoms in total. The third kappa shape index (κ3) is 4.62. The SMILES string of the molecule is [B][N+]1=CC=CC1=C(CCN)c1[nH]c(/C=C/c2cc(C(C)(C)C)ccc2O)cc1C. The molecule has 0 aliphatic carbocycles. The fourth-order valence-electron chi connectivity index (χ4n) is 3.50. The number of H-pyrrole nitrogens is 1. The van der Waals surface area contributed by atoms with Gasteiger partial charge in [-0.25, -0.2) is 0 Å². The Morgan fingerprint density at radius 1 is 1.24 bits per heavy atom. The molecule has 1 aliphatic heterocycles. The summed E-state index contributed by atoms with van der Waals surface area (Å²) < 4.78 is 1.62. The van der Waals surface area contributed by atoms with E-state index in [2.05, 4.69) is 38.7 Å². The number of phenols is 1. The Kier molecular flexibility index (Phi) is 5.99. The van der Waals surface area contributed by atoms with Crippen LogP contribution in [0.1, 0.15) is 55.3 Å². The second kappa shape index (κ2) is 8.30. The number of nitrogens with two attached hydrogens (primary N) is 1. The van der Waals surface area contributed by atoms with Gasteiger partial charge in [-0.2, -0.15) is 0 Å². The molecule has 1 aliphatic rings. The average Bonchev–Trinajstić information content (AvgIpc) is 3.23. The van der Waals surface area contributed by atoms with Gasteiger partial charge in [-0.3, -0.25) is 4.49 Å². The van der Waals surface area contributed by atoms with Crippen molar-refractivity contribution in [1.82, 2.24) is 4.98 Å². The number of phenolic OH excluding ortho intramolecular Hbond substituents is 1. The van der Waals surface area contributed by atoms with Crippen molar-refractivity contribution in [3.8, 4) is 5.75 Å². The maximum atomic E-state index is 10.3. The summed E-state index contributed by atoms with van der Waals surface area (Å²) in [4.78, 5) is 3.49. The lowest BCUT2D eigenvalue weighted by atomic mass is 9.86. The fraction of sp³-hybridized carbons (Fsp3) is 0.292. The molecule has 2 radical (unpaired) electrons. The predicted molar refractivity (Wildman–Crippen MR) is 123 cm³/mol. The predicted octanol–water partition coefficient (Wildman–Crippen LogP) is 4.29. The Labute approximate surface area is 174 Å². The Bertz CT molecular complexity index is 1030. The molecule has 0 saturated carbocycles. The van der Waals surface area contributed by atoms with E-state index in [1.165, 1.54) is 5.56 Å². The zero-order valence-corrected chi connectivity index (χ0v) is 17.7. The maximum Gasteiger partial charge on any atom is 0.586 e. The van der Waals surface area contributed by atoms with Crippen LogP contribution in [0.15, 0.2) is 42.1 Å². The van der Waals surface area contributed by atoms with Crippen LogP contribution in [0.3, 0.4) is 0 Å². The summed E-state index contributed by atoms with van der Waals surface area (Å²) in [5, 5.41) is 10.3. The van der Waals surface area contributed by atoms with Crippen LogP contribution in [0.2, 0.25) is 0 Å². The van der Waals surface area contributed by atoms with Crippen molar-refractivity contribution in [3.63, 3.8) is 0 Å². The van der Waals surface area contributed by atoms with Crippen molar-refractivity contribution in [2.24, 2.45) is 5.73 Å². The third-order valence-electron chi connectivity index (χ3n) is 5.16. The second-order valence-electron chi connectivity index (χ2n) is 8.46. The largest absolute Gasteiger partial charge is 0.586 e. The van der Waals surface area contributed by atoms with E-state index in [1.54, 1.807) is 10.6 Å². The molecule has 0 saturated heterocycles. The van der Waals surface area contributed by atoms with E-state index < -0.39 is 0 Å². The van der Waals surface area contributed by atoms with E-state index in [9.17, 15) is 5.11 Å². The minimum Gasteiger partial charge on any atom is -0.507 e. The molecule has 0 atom stereocenters. The minimum absolute atomic E-state index is 0.0235. The lowest BCUT2D eigenvalue weighted by Gasteiger charge is -2.19. The molecule has 5 heteroatoms. The molecule has 0 amide bonds. The number of aromatic hydroxyl groups is 1. The topological polar surface area (TPSA) is 65.0 Å². The van der Waals surface area contributed by atoms with Crippen LogP contribution in [0, 0.1) is 6.92 Å². The van der Waals surface area contributed by atoms with Gasteiger partial charge in [0.25, 0.3) is 0 Å². The van der Waals surface area contributed by atoms with Crippen molar-refractivity contribution in [2.45, 2.75) is 39.5 Å². The zero-order chi connectivity index (χ0) is 21.2. The first-order valence-corrected chi connectivity index (χ1v) is 9.91. The van der Waals surface area contributed by atoms with Crippen LogP contribution >= 0.6 is 0 Å². The van der Waals surface area contributed by atoms with Crippen molar-refractivity contribution in [3.05, 3.63) is 70.2 Å². The smallest absolute Gasteiger partial charge is 0.507 e. The summed E-state index contributed by atoms with van der Waals surface area (Å²) in [5.41, 5.74) is 13.0. The minimum atomic E-state index is 0.0235. The van der Waals surface area contributed by atoms with E-state index in [4.69, 9.17) is 13.7 Å². The standard InChI is InChI=1S/C24H29BN3O/c1-16-14-19(9-7-17-15-18(24(2,3)4)8-10-22(17)29)27-23(16)20(11-12-26)21-6-5-13-28(21)25/h5-10,13-15,27,29H,11-12,26H2,1-4H3/q+1/b9-7+. The monoisotopic (exact) mass is 386 g/mol. The van der Waals surface area contributed by atoms with Crippen LogP contribution < -0.4 is 5.73 Å². The van der Waals surface area contributed by atoms with Gasteiger partial charge >= 0.3 is 7.98 Å². The number of nitrogens with one attached hydrogen (secondary N) is 1. The molecule has 3 rings (SSSR count). The highest BCUT2D eigenvalue weighted by molar-refractivity contribution is 6.01. The number of aromatic amines is 1. The number of hydrogen-bond donors (Lipinski definition) is 3. The molecule has 29 heavy (non-hydrogen) atoms. The molecule has 0 bridgehead atoms. The summed E-state index contributed by atoms with van der Waals surface area (Å²) >= 11 is 0. The number of hydrogen-bond acceptors (Lipinski definition) is 2. The Balaban J connectivity index is 1.96. The Morgan fingerprint density at radius 3 is 2.62 bits per heavy atom. The summed E-state index contributed by atoms with van der Waals surface area (Å²) in [5.74, 6) is 0.272. The first kappa shape index (κ1) is 20.9. The first-order valence-electron chi connectivity index (χ1n) is 9.91. The lowest BCUT2D eigenvalue weighted by molar-refractivity contribution is -0.294. The number of allylic oxidation sites excluding steroid dienone is 2.